The highest BCUT2D eigenvalue weighted by Gasteiger charge is 2.23. The highest BCUT2D eigenvalue weighted by Crippen LogP contribution is 2.34. The number of carbonyl (C=O) groups excluding carboxylic acids is 1. The fourth-order valence-electron chi connectivity index (χ4n) is 1.91. The summed E-state index contributed by atoms with van der Waals surface area (Å²) in [7, 11) is 0. The van der Waals surface area contributed by atoms with Crippen molar-refractivity contribution >= 4 is 11.8 Å². The Morgan fingerprint density at radius 2 is 1.94 bits per heavy atom. The molecule has 0 radical (unpaired) electrons. The Balaban J connectivity index is 2.30. The second-order valence-corrected chi connectivity index (χ2v) is 4.20. The molecule has 1 aliphatic rings. The molecule has 0 fully saturated rings. The van der Waals surface area contributed by atoms with Gasteiger partial charge in [0.2, 0.25) is 0 Å². The van der Waals surface area contributed by atoms with E-state index in [0.29, 0.717) is 30.3 Å². The first-order valence-corrected chi connectivity index (χ1v) is 5.69. The van der Waals surface area contributed by atoms with Crippen LogP contribution in [0.3, 0.4) is 0 Å². The molecular formula is C13H14O5. The van der Waals surface area contributed by atoms with Gasteiger partial charge in [0.05, 0.1) is 5.92 Å². The number of benzene rings is 1. The van der Waals surface area contributed by atoms with Gasteiger partial charge in [-0.2, -0.15) is 0 Å². The Morgan fingerprint density at radius 1 is 1.28 bits per heavy atom. The van der Waals surface area contributed by atoms with E-state index >= 15 is 0 Å². The van der Waals surface area contributed by atoms with Gasteiger partial charge in [-0.25, -0.2) is 0 Å². The zero-order valence-electron chi connectivity index (χ0n) is 10.0. The molecule has 1 heterocycles. The van der Waals surface area contributed by atoms with E-state index in [9.17, 15) is 9.59 Å². The molecule has 0 saturated carbocycles. The summed E-state index contributed by atoms with van der Waals surface area (Å²) < 4.78 is 10.8. The smallest absolute Gasteiger partial charge is 0.311 e. The van der Waals surface area contributed by atoms with Crippen LogP contribution in [0.1, 0.15) is 24.8 Å². The lowest BCUT2D eigenvalue weighted by Gasteiger charge is -2.20. The van der Waals surface area contributed by atoms with E-state index in [4.69, 9.17) is 14.6 Å². The number of fused-ring (bicyclic) bond motifs is 1. The topological polar surface area (TPSA) is 72.8 Å². The predicted molar refractivity (Wildman–Crippen MR) is 63.1 cm³/mol. The molecule has 1 aromatic rings. The van der Waals surface area contributed by atoms with E-state index in [0.717, 1.165) is 0 Å². The van der Waals surface area contributed by atoms with Crippen LogP contribution in [0.15, 0.2) is 18.2 Å². The van der Waals surface area contributed by atoms with Crippen molar-refractivity contribution in [2.75, 3.05) is 13.2 Å². The molecule has 0 saturated heterocycles. The summed E-state index contributed by atoms with van der Waals surface area (Å²) in [6.45, 7) is 2.32. The van der Waals surface area contributed by atoms with Gasteiger partial charge in [0.15, 0.2) is 11.5 Å². The van der Waals surface area contributed by atoms with E-state index in [1.54, 1.807) is 18.2 Å². The van der Waals surface area contributed by atoms with Crippen molar-refractivity contribution in [2.45, 2.75) is 19.3 Å². The number of ketones is 1. The van der Waals surface area contributed by atoms with Gasteiger partial charge in [-0.1, -0.05) is 6.07 Å². The van der Waals surface area contributed by atoms with Crippen LogP contribution >= 0.6 is 0 Å². The Morgan fingerprint density at radius 3 is 2.56 bits per heavy atom. The molecule has 2 rings (SSSR count). The summed E-state index contributed by atoms with van der Waals surface area (Å²) in [5, 5.41) is 9.16. The maximum atomic E-state index is 11.2. The lowest BCUT2D eigenvalue weighted by Crippen LogP contribution is -2.18. The summed E-state index contributed by atoms with van der Waals surface area (Å²) >= 11 is 0. The Bertz CT molecular complexity index is 480. The van der Waals surface area contributed by atoms with Crippen LogP contribution in [0.25, 0.3) is 0 Å². The van der Waals surface area contributed by atoms with E-state index in [1.807, 2.05) is 0 Å². The largest absolute Gasteiger partial charge is 0.486 e. The third-order valence-electron chi connectivity index (χ3n) is 2.76. The summed E-state index contributed by atoms with van der Waals surface area (Å²) in [5.74, 6) is -0.858. The van der Waals surface area contributed by atoms with Crippen molar-refractivity contribution in [3.63, 3.8) is 0 Å². The first kappa shape index (κ1) is 12.4. The zero-order valence-corrected chi connectivity index (χ0v) is 10.0. The van der Waals surface area contributed by atoms with Crippen LogP contribution in [0.5, 0.6) is 11.5 Å². The predicted octanol–water partition coefficient (Wildman–Crippen LogP) is 1.61. The number of carboxylic acid groups (broad SMARTS) is 1. The molecule has 5 heteroatoms. The van der Waals surface area contributed by atoms with E-state index < -0.39 is 11.9 Å². The third-order valence-corrected chi connectivity index (χ3v) is 2.76. The number of aliphatic carboxylic acids is 1. The van der Waals surface area contributed by atoms with Crippen molar-refractivity contribution in [3.8, 4) is 11.5 Å². The quantitative estimate of drug-likeness (QED) is 0.878. The Labute approximate surface area is 104 Å². The van der Waals surface area contributed by atoms with Crippen LogP contribution in [-0.2, 0) is 9.59 Å². The molecule has 18 heavy (non-hydrogen) atoms. The highest BCUT2D eigenvalue weighted by molar-refractivity contribution is 5.85. The molecule has 0 aromatic heterocycles. The molecule has 5 nitrogen and oxygen atoms in total. The maximum Gasteiger partial charge on any atom is 0.311 e. The third kappa shape index (κ3) is 2.61. The average molecular weight is 250 g/mol. The Hall–Kier alpha value is -2.04. The van der Waals surface area contributed by atoms with Crippen molar-refractivity contribution in [3.05, 3.63) is 23.8 Å². The number of hydrogen-bond donors (Lipinski definition) is 1. The SMILES string of the molecule is CC(=O)CC(C(=O)O)c1ccc2c(c1)OCCO2. The van der Waals surface area contributed by atoms with Gasteiger partial charge >= 0.3 is 5.97 Å². The van der Waals surface area contributed by atoms with Crippen LogP contribution in [0.4, 0.5) is 0 Å². The summed E-state index contributed by atoms with van der Waals surface area (Å²) in [4.78, 5) is 22.3. The molecule has 0 amide bonds. The molecule has 96 valence electrons. The average Bonchev–Trinajstić information content (AvgIpc) is 2.35. The highest BCUT2D eigenvalue weighted by atomic mass is 16.6. The number of rotatable bonds is 4. The minimum absolute atomic E-state index is 0.0189. The van der Waals surface area contributed by atoms with Crippen LogP contribution in [-0.4, -0.2) is 30.1 Å². The molecule has 0 spiro atoms. The first-order valence-electron chi connectivity index (χ1n) is 5.69. The summed E-state index contributed by atoms with van der Waals surface area (Å²) in [6, 6.07) is 4.98. The van der Waals surface area contributed by atoms with Crippen molar-refractivity contribution in [2.24, 2.45) is 0 Å². The van der Waals surface area contributed by atoms with E-state index in [1.165, 1.54) is 6.92 Å². The minimum atomic E-state index is -1.01. The molecule has 1 aliphatic heterocycles. The summed E-state index contributed by atoms with van der Waals surface area (Å²) in [5.41, 5.74) is 0.557. The second-order valence-electron chi connectivity index (χ2n) is 4.20. The monoisotopic (exact) mass is 250 g/mol. The molecule has 1 atom stereocenters. The minimum Gasteiger partial charge on any atom is -0.486 e. The van der Waals surface area contributed by atoms with Crippen molar-refractivity contribution in [1.82, 2.24) is 0 Å². The van der Waals surface area contributed by atoms with Gasteiger partial charge in [0.25, 0.3) is 0 Å². The van der Waals surface area contributed by atoms with E-state index in [-0.39, 0.29) is 12.2 Å². The molecular weight excluding hydrogens is 236 g/mol. The van der Waals surface area contributed by atoms with Crippen molar-refractivity contribution < 1.29 is 24.2 Å². The van der Waals surface area contributed by atoms with Gasteiger partial charge < -0.3 is 14.6 Å². The number of Topliss-reactive ketones (excluding diaryl/α,β-unsaturated/α-hetero) is 1. The maximum absolute atomic E-state index is 11.2. The molecule has 0 bridgehead atoms. The molecule has 0 aliphatic carbocycles. The molecule has 1 aromatic carbocycles. The molecule has 1 unspecified atom stereocenters. The van der Waals surface area contributed by atoms with Gasteiger partial charge in [-0.15, -0.1) is 0 Å². The lowest BCUT2D eigenvalue weighted by atomic mass is 9.94. The fourth-order valence-corrected chi connectivity index (χ4v) is 1.91. The van der Waals surface area contributed by atoms with Gasteiger partial charge in [-0.3, -0.25) is 9.59 Å². The van der Waals surface area contributed by atoms with Gasteiger partial charge in [-0.05, 0) is 24.6 Å². The fraction of sp³-hybridized carbons (Fsp3) is 0.385. The van der Waals surface area contributed by atoms with Crippen LogP contribution < -0.4 is 9.47 Å². The van der Waals surface area contributed by atoms with Gasteiger partial charge in [0, 0.05) is 6.42 Å². The molecule has 1 N–H and O–H groups in total. The van der Waals surface area contributed by atoms with Crippen LogP contribution in [0, 0.1) is 0 Å². The van der Waals surface area contributed by atoms with Crippen LogP contribution in [0.2, 0.25) is 0 Å². The first-order chi connectivity index (χ1) is 8.58. The normalized spacial score (nSPS) is 14.9. The Kier molecular flexibility index (Phi) is 3.50. The number of hydrogen-bond acceptors (Lipinski definition) is 4. The number of ether oxygens (including phenoxy) is 2. The lowest BCUT2D eigenvalue weighted by molar-refractivity contribution is -0.140. The summed E-state index contributed by atoms with van der Waals surface area (Å²) in [6.07, 6.45) is -0.0189. The second kappa shape index (κ2) is 5.08. The van der Waals surface area contributed by atoms with Crippen molar-refractivity contribution in [1.29, 1.82) is 0 Å². The number of carbonyl (C=O) groups is 2. The van der Waals surface area contributed by atoms with E-state index in [2.05, 4.69) is 0 Å². The zero-order chi connectivity index (χ0) is 13.1. The number of carboxylic acids is 1. The standard InChI is InChI=1S/C13H14O5/c1-8(14)6-10(13(15)16)9-2-3-11-12(7-9)18-5-4-17-11/h2-3,7,10H,4-6H2,1H3,(H,15,16). The van der Waals surface area contributed by atoms with Gasteiger partial charge in [0.1, 0.15) is 19.0 Å².